The standard InChI is InChI=1S/C13H23NO5/c1-8-6-14(11(18)19-12(2,3)4)7-13(5,9(8)15)10(16)17/h8-9,15H,6-7H2,1-5H3,(H,16,17)/t8-,9+,13+/m1/s1. The number of aliphatic hydroxyl groups excluding tert-OH is 1. The number of ether oxygens (including phenoxy) is 1. The van der Waals surface area contributed by atoms with Gasteiger partial charge < -0.3 is 19.8 Å². The summed E-state index contributed by atoms with van der Waals surface area (Å²) in [6, 6.07) is 0. The van der Waals surface area contributed by atoms with Gasteiger partial charge in [0.15, 0.2) is 0 Å². The van der Waals surface area contributed by atoms with Gasteiger partial charge in [-0.15, -0.1) is 0 Å². The minimum atomic E-state index is -1.37. The monoisotopic (exact) mass is 273 g/mol. The van der Waals surface area contributed by atoms with Crippen LogP contribution in [0.1, 0.15) is 34.6 Å². The van der Waals surface area contributed by atoms with E-state index in [4.69, 9.17) is 4.74 Å². The molecule has 19 heavy (non-hydrogen) atoms. The van der Waals surface area contributed by atoms with Crippen LogP contribution in [0.2, 0.25) is 0 Å². The number of carbonyl (C=O) groups is 2. The lowest BCUT2D eigenvalue weighted by Crippen LogP contribution is -2.59. The number of nitrogens with zero attached hydrogens (tertiary/aromatic N) is 1. The number of aliphatic carboxylic acids is 1. The normalized spacial score (nSPS) is 32.0. The Labute approximate surface area is 113 Å². The molecule has 1 amide bonds. The number of aliphatic hydroxyl groups is 1. The molecule has 0 unspecified atom stereocenters. The minimum absolute atomic E-state index is 0.0528. The predicted molar refractivity (Wildman–Crippen MR) is 68.7 cm³/mol. The van der Waals surface area contributed by atoms with Crippen LogP contribution in [0.3, 0.4) is 0 Å². The van der Waals surface area contributed by atoms with Crippen molar-refractivity contribution in [1.29, 1.82) is 0 Å². The van der Waals surface area contributed by atoms with E-state index in [2.05, 4.69) is 0 Å². The van der Waals surface area contributed by atoms with Crippen molar-refractivity contribution in [3.63, 3.8) is 0 Å². The van der Waals surface area contributed by atoms with Gasteiger partial charge in [0.1, 0.15) is 11.0 Å². The van der Waals surface area contributed by atoms with Crippen LogP contribution in [-0.2, 0) is 9.53 Å². The van der Waals surface area contributed by atoms with E-state index in [1.165, 1.54) is 11.8 Å². The third kappa shape index (κ3) is 3.37. The third-order valence-corrected chi connectivity index (χ3v) is 3.36. The third-order valence-electron chi connectivity index (χ3n) is 3.36. The molecule has 1 rings (SSSR count). The van der Waals surface area contributed by atoms with Crippen LogP contribution in [-0.4, -0.2) is 52.0 Å². The second kappa shape index (κ2) is 5.00. The smallest absolute Gasteiger partial charge is 0.410 e. The summed E-state index contributed by atoms with van der Waals surface area (Å²) >= 11 is 0. The van der Waals surface area contributed by atoms with Gasteiger partial charge in [0, 0.05) is 19.0 Å². The average molecular weight is 273 g/mol. The molecule has 0 radical (unpaired) electrons. The van der Waals surface area contributed by atoms with E-state index in [-0.39, 0.29) is 12.5 Å². The van der Waals surface area contributed by atoms with E-state index in [9.17, 15) is 19.8 Å². The fraction of sp³-hybridized carbons (Fsp3) is 0.846. The van der Waals surface area contributed by atoms with Gasteiger partial charge in [-0.1, -0.05) is 6.92 Å². The van der Waals surface area contributed by atoms with Crippen LogP contribution in [0.5, 0.6) is 0 Å². The molecule has 1 heterocycles. The van der Waals surface area contributed by atoms with Crippen LogP contribution >= 0.6 is 0 Å². The molecule has 2 N–H and O–H groups in total. The first-order valence-corrected chi connectivity index (χ1v) is 6.37. The number of hydrogen-bond acceptors (Lipinski definition) is 4. The molecule has 3 atom stereocenters. The van der Waals surface area contributed by atoms with Crippen LogP contribution in [0, 0.1) is 11.3 Å². The van der Waals surface area contributed by atoms with Crippen molar-refractivity contribution in [3.8, 4) is 0 Å². The van der Waals surface area contributed by atoms with Gasteiger partial charge in [-0.2, -0.15) is 0 Å². The maximum Gasteiger partial charge on any atom is 0.410 e. The van der Waals surface area contributed by atoms with Crippen molar-refractivity contribution in [3.05, 3.63) is 0 Å². The van der Waals surface area contributed by atoms with E-state index in [1.807, 2.05) is 0 Å². The van der Waals surface area contributed by atoms with Crippen LogP contribution in [0.15, 0.2) is 0 Å². The number of rotatable bonds is 1. The maximum atomic E-state index is 12.0. The highest BCUT2D eigenvalue weighted by Gasteiger charge is 2.50. The SMILES string of the molecule is C[C@@H]1CN(C(=O)OC(C)(C)C)C[C@](C)(C(=O)O)[C@H]1O. The van der Waals surface area contributed by atoms with Crippen LogP contribution in [0.25, 0.3) is 0 Å². The summed E-state index contributed by atoms with van der Waals surface area (Å²) < 4.78 is 5.25. The topological polar surface area (TPSA) is 87.1 Å². The highest BCUT2D eigenvalue weighted by molar-refractivity contribution is 5.77. The number of carboxylic acid groups (broad SMARTS) is 1. The van der Waals surface area contributed by atoms with E-state index < -0.39 is 29.2 Å². The number of carboxylic acids is 1. The fourth-order valence-corrected chi connectivity index (χ4v) is 2.29. The molecule has 0 aliphatic carbocycles. The summed E-state index contributed by atoms with van der Waals surface area (Å²) in [5.41, 5.74) is -2.00. The van der Waals surface area contributed by atoms with E-state index in [0.717, 1.165) is 0 Å². The van der Waals surface area contributed by atoms with Crippen molar-refractivity contribution in [2.75, 3.05) is 13.1 Å². The molecule has 0 saturated carbocycles. The van der Waals surface area contributed by atoms with Gasteiger partial charge in [0.2, 0.25) is 0 Å². The Balaban J connectivity index is 2.89. The summed E-state index contributed by atoms with van der Waals surface area (Å²) in [5, 5.41) is 19.3. The Hall–Kier alpha value is -1.30. The molecule has 1 aliphatic heterocycles. The largest absolute Gasteiger partial charge is 0.481 e. The van der Waals surface area contributed by atoms with Crippen molar-refractivity contribution < 1.29 is 24.5 Å². The van der Waals surface area contributed by atoms with E-state index in [1.54, 1.807) is 27.7 Å². The van der Waals surface area contributed by atoms with Gasteiger partial charge in [-0.25, -0.2) is 4.79 Å². The predicted octanol–water partition coefficient (Wildman–Crippen LogP) is 1.32. The lowest BCUT2D eigenvalue weighted by atomic mass is 9.75. The second-order valence-corrected chi connectivity index (χ2v) is 6.51. The number of likely N-dealkylation sites (tertiary alicyclic amines) is 1. The zero-order chi connectivity index (χ0) is 15.0. The molecule has 0 bridgehead atoms. The highest BCUT2D eigenvalue weighted by Crippen LogP contribution is 2.34. The van der Waals surface area contributed by atoms with Crippen molar-refractivity contribution in [2.24, 2.45) is 11.3 Å². The molecule has 1 fully saturated rings. The molecule has 110 valence electrons. The zero-order valence-electron chi connectivity index (χ0n) is 12.1. The number of amides is 1. The molecule has 0 aromatic rings. The first kappa shape index (κ1) is 15.8. The zero-order valence-corrected chi connectivity index (χ0v) is 12.1. The van der Waals surface area contributed by atoms with Crippen molar-refractivity contribution in [2.45, 2.75) is 46.3 Å². The van der Waals surface area contributed by atoms with Crippen molar-refractivity contribution >= 4 is 12.1 Å². The molecule has 0 aromatic carbocycles. The van der Waals surface area contributed by atoms with Gasteiger partial charge in [-0.3, -0.25) is 4.79 Å². The Kier molecular flexibility index (Phi) is 4.14. The van der Waals surface area contributed by atoms with E-state index >= 15 is 0 Å². The summed E-state index contributed by atoms with van der Waals surface area (Å²) in [5.74, 6) is -1.43. The quantitative estimate of drug-likeness (QED) is 0.752. The lowest BCUT2D eigenvalue weighted by Gasteiger charge is -2.44. The van der Waals surface area contributed by atoms with Gasteiger partial charge in [0.05, 0.1) is 6.10 Å². The van der Waals surface area contributed by atoms with Crippen LogP contribution < -0.4 is 0 Å². The summed E-state index contributed by atoms with van der Waals surface area (Å²) in [7, 11) is 0. The Morgan fingerprint density at radius 1 is 1.37 bits per heavy atom. The summed E-state index contributed by atoms with van der Waals surface area (Å²) in [6.07, 6.45) is -1.53. The molecular formula is C13H23NO5. The molecular weight excluding hydrogens is 250 g/mol. The number of hydrogen-bond donors (Lipinski definition) is 2. The van der Waals surface area contributed by atoms with Gasteiger partial charge in [0.25, 0.3) is 0 Å². The summed E-state index contributed by atoms with van der Waals surface area (Å²) in [6.45, 7) is 8.67. The Morgan fingerprint density at radius 3 is 2.32 bits per heavy atom. The highest BCUT2D eigenvalue weighted by atomic mass is 16.6. The first-order valence-electron chi connectivity index (χ1n) is 6.37. The molecule has 0 spiro atoms. The molecule has 1 saturated heterocycles. The minimum Gasteiger partial charge on any atom is -0.481 e. The van der Waals surface area contributed by atoms with Crippen molar-refractivity contribution in [1.82, 2.24) is 4.90 Å². The van der Waals surface area contributed by atoms with Gasteiger partial charge >= 0.3 is 12.1 Å². The maximum absolute atomic E-state index is 12.0. The molecule has 1 aliphatic rings. The fourth-order valence-electron chi connectivity index (χ4n) is 2.29. The Morgan fingerprint density at radius 2 is 1.89 bits per heavy atom. The first-order chi connectivity index (χ1) is 8.47. The number of piperidine rings is 1. The lowest BCUT2D eigenvalue weighted by molar-refractivity contribution is -0.164. The molecule has 0 aromatic heterocycles. The molecule has 6 nitrogen and oxygen atoms in total. The summed E-state index contributed by atoms with van der Waals surface area (Å²) in [4.78, 5) is 24.7. The number of carbonyl (C=O) groups excluding carboxylic acids is 1. The average Bonchev–Trinajstić information content (AvgIpc) is 2.22. The van der Waals surface area contributed by atoms with Crippen LogP contribution in [0.4, 0.5) is 4.79 Å². The van der Waals surface area contributed by atoms with E-state index in [0.29, 0.717) is 6.54 Å². The second-order valence-electron chi connectivity index (χ2n) is 6.51. The van der Waals surface area contributed by atoms with Gasteiger partial charge in [-0.05, 0) is 27.7 Å². The molecule has 6 heteroatoms. The Bertz CT molecular complexity index is 376.